The van der Waals surface area contributed by atoms with Gasteiger partial charge in [0.05, 0.1) is 10.5 Å². The first-order chi connectivity index (χ1) is 13.8. The quantitative estimate of drug-likeness (QED) is 0.742. The van der Waals surface area contributed by atoms with Crippen LogP contribution in [0.2, 0.25) is 0 Å². The van der Waals surface area contributed by atoms with E-state index in [-0.39, 0.29) is 16.5 Å². The van der Waals surface area contributed by atoms with Gasteiger partial charge in [-0.1, -0.05) is 12.5 Å². The molecular weight excluding hydrogens is 392 g/mol. The van der Waals surface area contributed by atoms with E-state index < -0.39 is 21.8 Å². The van der Waals surface area contributed by atoms with Crippen molar-refractivity contribution in [3.63, 3.8) is 0 Å². The number of amides is 2. The zero-order chi connectivity index (χ0) is 21.0. The molecule has 154 valence electrons. The molecule has 3 rings (SSSR count). The predicted octanol–water partition coefficient (Wildman–Crippen LogP) is 2.03. The number of benzene rings is 1. The maximum absolute atomic E-state index is 13.1. The SMILES string of the molecule is Cc1ccc(S(=O)(=O)N2CCCCC2C)cc1C(=O)NNC(=O)c1cccnc1. The molecular formula is C20H24N4O4S. The molecule has 2 heterocycles. The summed E-state index contributed by atoms with van der Waals surface area (Å²) in [6.45, 7) is 4.07. The molecule has 29 heavy (non-hydrogen) atoms. The molecule has 8 nitrogen and oxygen atoms in total. The second-order valence-electron chi connectivity index (χ2n) is 7.09. The summed E-state index contributed by atoms with van der Waals surface area (Å²) < 4.78 is 27.6. The Labute approximate surface area is 170 Å². The molecule has 1 saturated heterocycles. The lowest BCUT2D eigenvalue weighted by molar-refractivity contribution is 0.0846. The van der Waals surface area contributed by atoms with Crippen LogP contribution in [0, 0.1) is 6.92 Å². The van der Waals surface area contributed by atoms with Crippen LogP contribution in [0.4, 0.5) is 0 Å². The van der Waals surface area contributed by atoms with E-state index in [1.165, 1.54) is 28.8 Å². The van der Waals surface area contributed by atoms with Crippen LogP contribution in [0.5, 0.6) is 0 Å². The molecule has 9 heteroatoms. The molecule has 1 atom stereocenters. The lowest BCUT2D eigenvalue weighted by Gasteiger charge is -2.32. The Bertz CT molecular complexity index is 1010. The Morgan fingerprint density at radius 2 is 1.90 bits per heavy atom. The molecule has 1 unspecified atom stereocenters. The number of nitrogens with zero attached hydrogens (tertiary/aromatic N) is 2. The van der Waals surface area contributed by atoms with Crippen molar-refractivity contribution >= 4 is 21.8 Å². The predicted molar refractivity (Wildman–Crippen MR) is 108 cm³/mol. The average Bonchev–Trinajstić information content (AvgIpc) is 2.72. The molecule has 0 radical (unpaired) electrons. The first-order valence-corrected chi connectivity index (χ1v) is 10.9. The lowest BCUT2D eigenvalue weighted by atomic mass is 10.1. The van der Waals surface area contributed by atoms with Gasteiger partial charge in [0.15, 0.2) is 0 Å². The minimum Gasteiger partial charge on any atom is -0.267 e. The minimum absolute atomic E-state index is 0.0700. The van der Waals surface area contributed by atoms with E-state index in [9.17, 15) is 18.0 Å². The maximum atomic E-state index is 13.1. The van der Waals surface area contributed by atoms with Gasteiger partial charge in [0.1, 0.15) is 0 Å². The smallest absolute Gasteiger partial charge is 0.267 e. The van der Waals surface area contributed by atoms with Gasteiger partial charge in [-0.25, -0.2) is 8.42 Å². The molecule has 2 N–H and O–H groups in total. The fraction of sp³-hybridized carbons (Fsp3) is 0.350. The van der Waals surface area contributed by atoms with E-state index in [4.69, 9.17) is 0 Å². The van der Waals surface area contributed by atoms with Crippen molar-refractivity contribution in [2.45, 2.75) is 44.0 Å². The van der Waals surface area contributed by atoms with Crippen molar-refractivity contribution in [3.8, 4) is 0 Å². The van der Waals surface area contributed by atoms with Crippen LogP contribution in [-0.4, -0.2) is 42.1 Å². The number of nitrogens with one attached hydrogen (secondary N) is 2. The van der Waals surface area contributed by atoms with E-state index in [1.807, 2.05) is 6.92 Å². The number of piperidine rings is 1. The van der Waals surface area contributed by atoms with Crippen molar-refractivity contribution in [1.82, 2.24) is 20.1 Å². The van der Waals surface area contributed by atoms with Crippen molar-refractivity contribution in [3.05, 3.63) is 59.4 Å². The highest BCUT2D eigenvalue weighted by molar-refractivity contribution is 7.89. The number of aryl methyl sites for hydroxylation is 1. The molecule has 2 amide bonds. The third-order valence-electron chi connectivity index (χ3n) is 5.02. The van der Waals surface area contributed by atoms with Crippen LogP contribution < -0.4 is 10.9 Å². The first-order valence-electron chi connectivity index (χ1n) is 9.44. The molecule has 1 fully saturated rings. The van der Waals surface area contributed by atoms with Gasteiger partial charge < -0.3 is 0 Å². The van der Waals surface area contributed by atoms with Crippen LogP contribution in [0.3, 0.4) is 0 Å². The Morgan fingerprint density at radius 3 is 2.59 bits per heavy atom. The van der Waals surface area contributed by atoms with Gasteiger partial charge in [-0.15, -0.1) is 0 Å². The van der Waals surface area contributed by atoms with Gasteiger partial charge in [0.25, 0.3) is 11.8 Å². The largest absolute Gasteiger partial charge is 0.271 e. The second-order valence-corrected chi connectivity index (χ2v) is 8.98. The van der Waals surface area contributed by atoms with Gasteiger partial charge in [0, 0.05) is 30.5 Å². The highest BCUT2D eigenvalue weighted by atomic mass is 32.2. The number of hydrogen-bond acceptors (Lipinski definition) is 5. The Balaban J connectivity index is 1.78. The molecule has 2 aromatic rings. The van der Waals surface area contributed by atoms with Crippen molar-refractivity contribution < 1.29 is 18.0 Å². The molecule has 0 spiro atoms. The molecule has 0 bridgehead atoms. The molecule has 0 saturated carbocycles. The number of carbonyl (C=O) groups is 2. The van der Waals surface area contributed by atoms with E-state index >= 15 is 0 Å². The average molecular weight is 417 g/mol. The number of carbonyl (C=O) groups excluding carboxylic acids is 2. The Kier molecular flexibility index (Phi) is 6.29. The summed E-state index contributed by atoms with van der Waals surface area (Å²) in [6, 6.07) is 7.56. The summed E-state index contributed by atoms with van der Waals surface area (Å²) in [7, 11) is -3.70. The van der Waals surface area contributed by atoms with Gasteiger partial charge in [-0.2, -0.15) is 4.31 Å². The van der Waals surface area contributed by atoms with E-state index in [1.54, 1.807) is 25.1 Å². The first kappa shape index (κ1) is 20.9. The normalized spacial score (nSPS) is 17.5. The lowest BCUT2D eigenvalue weighted by Crippen LogP contribution is -2.43. The summed E-state index contributed by atoms with van der Waals surface area (Å²) in [5.41, 5.74) is 5.72. The molecule has 1 aromatic carbocycles. The zero-order valence-corrected chi connectivity index (χ0v) is 17.2. The third kappa shape index (κ3) is 4.63. The summed E-state index contributed by atoms with van der Waals surface area (Å²) >= 11 is 0. The molecule has 0 aliphatic carbocycles. The fourth-order valence-electron chi connectivity index (χ4n) is 3.32. The highest BCUT2D eigenvalue weighted by Gasteiger charge is 2.31. The number of hydrazine groups is 1. The van der Waals surface area contributed by atoms with E-state index in [0.29, 0.717) is 17.7 Å². The van der Waals surface area contributed by atoms with Gasteiger partial charge in [0.2, 0.25) is 10.0 Å². The van der Waals surface area contributed by atoms with Crippen molar-refractivity contribution in [2.75, 3.05) is 6.54 Å². The fourth-order valence-corrected chi connectivity index (χ4v) is 5.05. The number of aromatic nitrogens is 1. The number of rotatable bonds is 4. The highest BCUT2D eigenvalue weighted by Crippen LogP contribution is 2.26. The molecule has 1 aliphatic heterocycles. The summed E-state index contributed by atoms with van der Waals surface area (Å²) in [5, 5.41) is 0. The van der Waals surface area contributed by atoms with Crippen molar-refractivity contribution in [1.29, 1.82) is 0 Å². The summed E-state index contributed by atoms with van der Waals surface area (Å²) in [4.78, 5) is 28.6. The van der Waals surface area contributed by atoms with Gasteiger partial charge >= 0.3 is 0 Å². The van der Waals surface area contributed by atoms with Crippen LogP contribution in [0.25, 0.3) is 0 Å². The Morgan fingerprint density at radius 1 is 1.14 bits per heavy atom. The number of sulfonamides is 1. The van der Waals surface area contributed by atoms with Crippen LogP contribution >= 0.6 is 0 Å². The van der Waals surface area contributed by atoms with Crippen LogP contribution in [-0.2, 0) is 10.0 Å². The second kappa shape index (κ2) is 8.71. The van der Waals surface area contributed by atoms with Gasteiger partial charge in [-0.05, 0) is 56.5 Å². The number of hydrogen-bond donors (Lipinski definition) is 2. The molecule has 1 aromatic heterocycles. The third-order valence-corrected chi connectivity index (χ3v) is 7.03. The topological polar surface area (TPSA) is 108 Å². The van der Waals surface area contributed by atoms with E-state index in [2.05, 4.69) is 15.8 Å². The summed E-state index contributed by atoms with van der Waals surface area (Å²) in [5.74, 6) is -1.11. The zero-order valence-electron chi connectivity index (χ0n) is 16.4. The summed E-state index contributed by atoms with van der Waals surface area (Å²) in [6.07, 6.45) is 5.56. The standard InChI is InChI=1S/C20H24N4O4S/c1-14-8-9-17(29(27,28)24-11-4-3-6-15(24)2)12-18(14)20(26)23-22-19(25)16-7-5-10-21-13-16/h5,7-10,12-13,15H,3-4,6,11H2,1-2H3,(H,22,25)(H,23,26). The van der Waals surface area contributed by atoms with Crippen LogP contribution in [0.15, 0.2) is 47.6 Å². The van der Waals surface area contributed by atoms with Crippen LogP contribution in [0.1, 0.15) is 52.5 Å². The Hall–Kier alpha value is -2.78. The monoisotopic (exact) mass is 416 g/mol. The van der Waals surface area contributed by atoms with Crippen molar-refractivity contribution in [2.24, 2.45) is 0 Å². The van der Waals surface area contributed by atoms with Gasteiger partial charge in [-0.3, -0.25) is 25.4 Å². The van der Waals surface area contributed by atoms with E-state index in [0.717, 1.165) is 19.3 Å². The number of pyridine rings is 1. The minimum atomic E-state index is -3.70. The molecule has 1 aliphatic rings. The maximum Gasteiger partial charge on any atom is 0.271 e.